The van der Waals surface area contributed by atoms with Crippen molar-refractivity contribution in [1.29, 1.82) is 0 Å². The zero-order chi connectivity index (χ0) is 12.3. The van der Waals surface area contributed by atoms with Crippen molar-refractivity contribution in [2.24, 2.45) is 11.7 Å². The lowest BCUT2D eigenvalue weighted by molar-refractivity contribution is 0.0664. The van der Waals surface area contributed by atoms with Gasteiger partial charge in [-0.3, -0.25) is 4.79 Å². The zero-order valence-electron chi connectivity index (χ0n) is 10.2. The van der Waals surface area contributed by atoms with Gasteiger partial charge in [-0.25, -0.2) is 4.98 Å². The molecule has 1 aromatic heterocycles. The van der Waals surface area contributed by atoms with Gasteiger partial charge in [-0.15, -0.1) is 11.3 Å². The van der Waals surface area contributed by atoms with Gasteiger partial charge in [-0.1, -0.05) is 0 Å². The number of carbonyl (C=O) groups excluding carboxylic acids is 1. The second kappa shape index (κ2) is 5.60. The fourth-order valence-corrected chi connectivity index (χ4v) is 2.93. The molecule has 0 aliphatic carbocycles. The maximum atomic E-state index is 12.2. The molecule has 1 aromatic rings. The molecular weight excluding hydrogens is 234 g/mol. The third-order valence-corrected chi connectivity index (χ3v) is 3.99. The van der Waals surface area contributed by atoms with Crippen LogP contribution in [0.5, 0.6) is 0 Å². The van der Waals surface area contributed by atoms with Gasteiger partial charge in [0.15, 0.2) is 0 Å². The Morgan fingerprint density at radius 2 is 2.53 bits per heavy atom. The lowest BCUT2D eigenvalue weighted by atomic mass is 9.95. The number of likely N-dealkylation sites (tertiary alicyclic amines) is 1. The molecule has 1 aliphatic rings. The Bertz CT molecular complexity index is 389. The molecule has 2 N–H and O–H groups in total. The van der Waals surface area contributed by atoms with Gasteiger partial charge in [-0.05, 0) is 38.6 Å². The van der Waals surface area contributed by atoms with Gasteiger partial charge in [0.25, 0.3) is 5.91 Å². The van der Waals surface area contributed by atoms with E-state index in [1.165, 1.54) is 17.8 Å². The van der Waals surface area contributed by atoms with E-state index in [2.05, 4.69) is 4.98 Å². The van der Waals surface area contributed by atoms with E-state index in [0.29, 0.717) is 18.2 Å². The first-order chi connectivity index (χ1) is 8.20. The van der Waals surface area contributed by atoms with E-state index >= 15 is 0 Å². The Morgan fingerprint density at radius 3 is 3.18 bits per heavy atom. The highest BCUT2D eigenvalue weighted by atomic mass is 32.1. The first kappa shape index (κ1) is 12.5. The number of amides is 1. The molecule has 1 fully saturated rings. The first-order valence-electron chi connectivity index (χ1n) is 6.12. The number of nitrogens with zero attached hydrogens (tertiary/aromatic N) is 2. The molecular formula is C12H19N3OS. The van der Waals surface area contributed by atoms with Crippen LogP contribution < -0.4 is 5.73 Å². The van der Waals surface area contributed by atoms with E-state index in [1.54, 1.807) is 0 Å². The van der Waals surface area contributed by atoms with Crippen molar-refractivity contribution in [1.82, 2.24) is 9.88 Å². The zero-order valence-corrected chi connectivity index (χ0v) is 11.0. The fraction of sp³-hybridized carbons (Fsp3) is 0.667. The summed E-state index contributed by atoms with van der Waals surface area (Å²) in [6, 6.07) is 0. The van der Waals surface area contributed by atoms with E-state index in [9.17, 15) is 4.79 Å². The summed E-state index contributed by atoms with van der Waals surface area (Å²) >= 11 is 1.53. The molecule has 0 aromatic carbocycles. The third-order valence-electron chi connectivity index (χ3n) is 3.22. The van der Waals surface area contributed by atoms with Crippen LogP contribution in [0.2, 0.25) is 0 Å². The van der Waals surface area contributed by atoms with E-state index in [0.717, 1.165) is 30.9 Å². The maximum Gasteiger partial charge on any atom is 0.273 e. The van der Waals surface area contributed by atoms with Crippen LogP contribution in [0.4, 0.5) is 0 Å². The predicted molar refractivity (Wildman–Crippen MR) is 69.1 cm³/mol. The number of nitrogens with two attached hydrogens (primary N) is 1. The summed E-state index contributed by atoms with van der Waals surface area (Å²) in [5, 5.41) is 2.80. The highest BCUT2D eigenvalue weighted by Crippen LogP contribution is 2.21. The molecule has 0 bridgehead atoms. The van der Waals surface area contributed by atoms with Gasteiger partial charge < -0.3 is 10.6 Å². The van der Waals surface area contributed by atoms with Crippen molar-refractivity contribution in [3.63, 3.8) is 0 Å². The molecule has 0 radical (unpaired) electrons. The van der Waals surface area contributed by atoms with Crippen LogP contribution in [0.15, 0.2) is 5.38 Å². The quantitative estimate of drug-likeness (QED) is 0.891. The molecule has 0 spiro atoms. The number of aromatic nitrogens is 1. The standard InChI is InChI=1S/C12H19N3OS/c1-9-14-11(8-17-9)12(16)15-6-2-3-10(7-15)4-5-13/h8,10H,2-7,13H2,1H3. The van der Waals surface area contributed by atoms with Crippen LogP contribution in [0, 0.1) is 12.8 Å². The van der Waals surface area contributed by atoms with Crippen LogP contribution >= 0.6 is 11.3 Å². The molecule has 4 nitrogen and oxygen atoms in total. The Morgan fingerprint density at radius 1 is 1.71 bits per heavy atom. The number of piperidine rings is 1. The number of hydrogen-bond donors (Lipinski definition) is 1. The number of aryl methyl sites for hydroxylation is 1. The summed E-state index contributed by atoms with van der Waals surface area (Å²) < 4.78 is 0. The Balaban J connectivity index is 1.99. The third kappa shape index (κ3) is 3.04. The summed E-state index contributed by atoms with van der Waals surface area (Å²) in [5.74, 6) is 0.647. The summed E-state index contributed by atoms with van der Waals surface area (Å²) in [5.41, 5.74) is 6.18. The number of rotatable bonds is 3. The average Bonchev–Trinajstić information content (AvgIpc) is 2.76. The van der Waals surface area contributed by atoms with Crippen molar-refractivity contribution in [3.8, 4) is 0 Å². The van der Waals surface area contributed by atoms with E-state index < -0.39 is 0 Å². The van der Waals surface area contributed by atoms with Crippen LogP contribution in [-0.4, -0.2) is 35.4 Å². The molecule has 1 atom stereocenters. The summed E-state index contributed by atoms with van der Waals surface area (Å²) in [4.78, 5) is 18.4. The van der Waals surface area contributed by atoms with Crippen LogP contribution in [0.25, 0.3) is 0 Å². The van der Waals surface area contributed by atoms with Crippen molar-refractivity contribution >= 4 is 17.2 Å². The second-order valence-corrected chi connectivity index (χ2v) is 5.65. The minimum absolute atomic E-state index is 0.0797. The monoisotopic (exact) mass is 253 g/mol. The smallest absolute Gasteiger partial charge is 0.273 e. The minimum atomic E-state index is 0.0797. The van der Waals surface area contributed by atoms with Crippen LogP contribution in [0.1, 0.15) is 34.8 Å². The van der Waals surface area contributed by atoms with Gasteiger partial charge in [0.1, 0.15) is 5.69 Å². The molecule has 5 heteroatoms. The highest BCUT2D eigenvalue weighted by Gasteiger charge is 2.25. The second-order valence-electron chi connectivity index (χ2n) is 4.59. The van der Waals surface area contributed by atoms with Crippen LogP contribution in [0.3, 0.4) is 0 Å². The molecule has 1 aliphatic heterocycles. The van der Waals surface area contributed by atoms with E-state index in [4.69, 9.17) is 5.73 Å². The Labute approximate surface area is 106 Å². The minimum Gasteiger partial charge on any atom is -0.337 e. The SMILES string of the molecule is Cc1nc(C(=O)N2CCCC(CCN)C2)cs1. The van der Waals surface area contributed by atoms with Crippen LogP contribution in [-0.2, 0) is 0 Å². The van der Waals surface area contributed by atoms with Gasteiger partial charge >= 0.3 is 0 Å². The fourth-order valence-electron chi connectivity index (χ4n) is 2.34. The van der Waals surface area contributed by atoms with Gasteiger partial charge in [0, 0.05) is 18.5 Å². The van der Waals surface area contributed by atoms with Crippen molar-refractivity contribution in [2.45, 2.75) is 26.2 Å². The summed E-state index contributed by atoms with van der Waals surface area (Å²) in [7, 11) is 0. The lowest BCUT2D eigenvalue weighted by Gasteiger charge is -2.32. The topological polar surface area (TPSA) is 59.2 Å². The highest BCUT2D eigenvalue weighted by molar-refractivity contribution is 7.09. The number of hydrogen-bond acceptors (Lipinski definition) is 4. The molecule has 0 saturated carbocycles. The molecule has 17 heavy (non-hydrogen) atoms. The van der Waals surface area contributed by atoms with Gasteiger partial charge in [0.2, 0.25) is 0 Å². The summed E-state index contributed by atoms with van der Waals surface area (Å²) in [6.45, 7) is 4.33. The van der Waals surface area contributed by atoms with Gasteiger partial charge in [0.05, 0.1) is 5.01 Å². The molecule has 94 valence electrons. The van der Waals surface area contributed by atoms with Crippen molar-refractivity contribution in [3.05, 3.63) is 16.1 Å². The number of carbonyl (C=O) groups is 1. The molecule has 1 saturated heterocycles. The maximum absolute atomic E-state index is 12.2. The first-order valence-corrected chi connectivity index (χ1v) is 7.00. The Kier molecular flexibility index (Phi) is 4.12. The summed E-state index contributed by atoms with van der Waals surface area (Å²) in [6.07, 6.45) is 3.29. The number of thiazole rings is 1. The van der Waals surface area contributed by atoms with Gasteiger partial charge in [-0.2, -0.15) is 0 Å². The van der Waals surface area contributed by atoms with E-state index in [1.807, 2.05) is 17.2 Å². The lowest BCUT2D eigenvalue weighted by Crippen LogP contribution is -2.40. The normalized spacial score (nSPS) is 20.6. The molecule has 2 heterocycles. The van der Waals surface area contributed by atoms with E-state index in [-0.39, 0.29) is 5.91 Å². The molecule has 2 rings (SSSR count). The predicted octanol–water partition coefficient (Wildman–Crippen LogP) is 1.65. The molecule has 1 unspecified atom stereocenters. The Hall–Kier alpha value is -0.940. The average molecular weight is 253 g/mol. The van der Waals surface area contributed by atoms with Crippen molar-refractivity contribution in [2.75, 3.05) is 19.6 Å². The molecule has 1 amide bonds. The largest absolute Gasteiger partial charge is 0.337 e. The van der Waals surface area contributed by atoms with Crippen molar-refractivity contribution < 1.29 is 4.79 Å².